The summed E-state index contributed by atoms with van der Waals surface area (Å²) in [4.78, 5) is 24.8. The minimum absolute atomic E-state index is 0.165. The van der Waals surface area contributed by atoms with E-state index >= 15 is 0 Å². The van der Waals surface area contributed by atoms with E-state index in [-0.39, 0.29) is 18.3 Å². The summed E-state index contributed by atoms with van der Waals surface area (Å²) >= 11 is 9.14. The largest absolute Gasteiger partial charge is 0.466 e. The molecule has 19 heavy (non-hydrogen) atoms. The van der Waals surface area contributed by atoms with Gasteiger partial charge in [0.15, 0.2) is 0 Å². The van der Waals surface area contributed by atoms with E-state index in [1.54, 1.807) is 32.2 Å². The van der Waals surface area contributed by atoms with Gasteiger partial charge in [0, 0.05) is 23.6 Å². The second-order valence-corrected chi connectivity index (χ2v) is 5.17. The molecule has 0 saturated heterocycles. The number of carbonyl (C=O) groups excluding carboxylic acids is 2. The van der Waals surface area contributed by atoms with E-state index < -0.39 is 0 Å². The van der Waals surface area contributed by atoms with Gasteiger partial charge in [-0.25, -0.2) is 0 Å². The van der Waals surface area contributed by atoms with Crippen LogP contribution in [0.15, 0.2) is 22.7 Å². The van der Waals surface area contributed by atoms with Crippen LogP contribution in [0.4, 0.5) is 0 Å². The molecule has 4 nitrogen and oxygen atoms in total. The van der Waals surface area contributed by atoms with Gasteiger partial charge in [0.2, 0.25) is 0 Å². The minimum Gasteiger partial charge on any atom is -0.466 e. The Kier molecular flexibility index (Phi) is 6.31. The van der Waals surface area contributed by atoms with Gasteiger partial charge in [-0.1, -0.05) is 11.6 Å². The standard InChI is InChI=1S/C13H15BrClNO3/c1-3-19-12(17)6-7-16(2)13(18)9-4-5-11(15)10(14)8-9/h4-5,8H,3,6-7H2,1-2H3. The van der Waals surface area contributed by atoms with E-state index in [0.717, 1.165) is 0 Å². The molecule has 0 unspecified atom stereocenters. The lowest BCUT2D eigenvalue weighted by atomic mass is 10.2. The molecule has 0 bridgehead atoms. The van der Waals surface area contributed by atoms with Crippen molar-refractivity contribution >= 4 is 39.4 Å². The third kappa shape index (κ3) is 4.84. The first-order chi connectivity index (χ1) is 8.95. The van der Waals surface area contributed by atoms with Gasteiger partial charge in [-0.3, -0.25) is 9.59 Å². The van der Waals surface area contributed by atoms with Crippen LogP contribution in [0.1, 0.15) is 23.7 Å². The smallest absolute Gasteiger partial charge is 0.307 e. The molecule has 0 fully saturated rings. The van der Waals surface area contributed by atoms with Crippen molar-refractivity contribution < 1.29 is 14.3 Å². The molecule has 0 saturated carbocycles. The van der Waals surface area contributed by atoms with E-state index in [4.69, 9.17) is 16.3 Å². The lowest BCUT2D eigenvalue weighted by Gasteiger charge is -2.17. The van der Waals surface area contributed by atoms with E-state index in [2.05, 4.69) is 15.9 Å². The van der Waals surface area contributed by atoms with Crippen molar-refractivity contribution in [1.29, 1.82) is 0 Å². The Morgan fingerprint density at radius 3 is 2.68 bits per heavy atom. The van der Waals surface area contributed by atoms with Crippen molar-refractivity contribution in [2.45, 2.75) is 13.3 Å². The van der Waals surface area contributed by atoms with Crippen molar-refractivity contribution in [2.75, 3.05) is 20.2 Å². The zero-order valence-corrected chi connectivity index (χ0v) is 13.1. The van der Waals surface area contributed by atoms with Gasteiger partial charge in [-0.2, -0.15) is 0 Å². The number of hydrogen-bond donors (Lipinski definition) is 0. The van der Waals surface area contributed by atoms with Gasteiger partial charge >= 0.3 is 5.97 Å². The first-order valence-electron chi connectivity index (χ1n) is 5.81. The zero-order valence-electron chi connectivity index (χ0n) is 10.8. The fourth-order valence-electron chi connectivity index (χ4n) is 1.44. The van der Waals surface area contributed by atoms with Gasteiger partial charge in [-0.15, -0.1) is 0 Å². The third-order valence-electron chi connectivity index (χ3n) is 2.47. The Bertz CT molecular complexity index is 479. The summed E-state index contributed by atoms with van der Waals surface area (Å²) in [5, 5.41) is 0.547. The fraction of sp³-hybridized carbons (Fsp3) is 0.385. The van der Waals surface area contributed by atoms with Crippen LogP contribution in [0, 0.1) is 0 Å². The van der Waals surface area contributed by atoms with E-state index in [1.165, 1.54) is 4.90 Å². The summed E-state index contributed by atoms with van der Waals surface area (Å²) in [7, 11) is 1.64. The molecule has 1 aromatic rings. The Morgan fingerprint density at radius 1 is 1.42 bits per heavy atom. The molecule has 0 radical (unpaired) electrons. The Labute approximate surface area is 125 Å². The summed E-state index contributed by atoms with van der Waals surface area (Å²) in [5.74, 6) is -0.471. The van der Waals surface area contributed by atoms with Crippen molar-refractivity contribution in [3.63, 3.8) is 0 Å². The van der Waals surface area contributed by atoms with Gasteiger partial charge in [-0.05, 0) is 41.1 Å². The molecular weight excluding hydrogens is 334 g/mol. The average molecular weight is 349 g/mol. The van der Waals surface area contributed by atoms with Crippen LogP contribution in [0.2, 0.25) is 5.02 Å². The van der Waals surface area contributed by atoms with Crippen LogP contribution < -0.4 is 0 Å². The number of rotatable bonds is 5. The van der Waals surface area contributed by atoms with Crippen LogP contribution in [0.3, 0.4) is 0 Å². The van der Waals surface area contributed by atoms with E-state index in [9.17, 15) is 9.59 Å². The van der Waals surface area contributed by atoms with Crippen molar-refractivity contribution in [2.24, 2.45) is 0 Å². The number of hydrogen-bond acceptors (Lipinski definition) is 3. The number of carbonyl (C=O) groups is 2. The number of nitrogens with zero attached hydrogens (tertiary/aromatic N) is 1. The average Bonchev–Trinajstić information content (AvgIpc) is 2.38. The predicted molar refractivity (Wildman–Crippen MR) is 77.4 cm³/mol. The van der Waals surface area contributed by atoms with Crippen LogP contribution in [-0.2, 0) is 9.53 Å². The quantitative estimate of drug-likeness (QED) is 0.768. The molecule has 1 rings (SSSR count). The number of amides is 1. The number of halogens is 2. The molecule has 0 spiro atoms. The van der Waals surface area contributed by atoms with Crippen molar-refractivity contribution in [3.8, 4) is 0 Å². The summed E-state index contributed by atoms with van der Waals surface area (Å²) < 4.78 is 5.48. The fourth-order valence-corrected chi connectivity index (χ4v) is 1.94. The van der Waals surface area contributed by atoms with Crippen molar-refractivity contribution in [3.05, 3.63) is 33.3 Å². The SMILES string of the molecule is CCOC(=O)CCN(C)C(=O)c1ccc(Cl)c(Br)c1. The highest BCUT2D eigenvalue weighted by Gasteiger charge is 2.14. The van der Waals surface area contributed by atoms with Crippen LogP contribution >= 0.6 is 27.5 Å². The molecule has 0 aliphatic carbocycles. The van der Waals surface area contributed by atoms with Crippen LogP contribution in [0.25, 0.3) is 0 Å². The molecule has 1 aromatic carbocycles. The molecule has 0 aliphatic rings. The highest BCUT2D eigenvalue weighted by atomic mass is 79.9. The zero-order chi connectivity index (χ0) is 14.4. The molecular formula is C13H15BrClNO3. The van der Waals surface area contributed by atoms with Gasteiger partial charge in [0.05, 0.1) is 18.1 Å². The topological polar surface area (TPSA) is 46.6 Å². The second-order valence-electron chi connectivity index (χ2n) is 3.91. The number of esters is 1. The highest BCUT2D eigenvalue weighted by molar-refractivity contribution is 9.10. The first-order valence-corrected chi connectivity index (χ1v) is 6.99. The summed E-state index contributed by atoms with van der Waals surface area (Å²) in [5.41, 5.74) is 0.516. The summed E-state index contributed by atoms with van der Waals surface area (Å²) in [6.07, 6.45) is 0.185. The lowest BCUT2D eigenvalue weighted by molar-refractivity contribution is -0.143. The Hall–Kier alpha value is -1.07. The normalized spacial score (nSPS) is 10.1. The first kappa shape index (κ1) is 16.0. The number of ether oxygens (including phenoxy) is 1. The molecule has 0 heterocycles. The van der Waals surface area contributed by atoms with E-state index in [1.807, 2.05) is 0 Å². The summed E-state index contributed by atoms with van der Waals surface area (Å²) in [6, 6.07) is 4.96. The van der Waals surface area contributed by atoms with Gasteiger partial charge in [0.1, 0.15) is 0 Å². The van der Waals surface area contributed by atoms with E-state index in [0.29, 0.717) is 28.2 Å². The molecule has 6 heteroatoms. The second kappa shape index (κ2) is 7.50. The number of benzene rings is 1. The maximum Gasteiger partial charge on any atom is 0.307 e. The summed E-state index contributed by atoms with van der Waals surface area (Å²) in [6.45, 7) is 2.41. The van der Waals surface area contributed by atoms with Crippen molar-refractivity contribution in [1.82, 2.24) is 4.90 Å². The monoisotopic (exact) mass is 347 g/mol. The third-order valence-corrected chi connectivity index (χ3v) is 3.68. The lowest BCUT2D eigenvalue weighted by Crippen LogP contribution is -2.29. The predicted octanol–water partition coefficient (Wildman–Crippen LogP) is 3.13. The Balaban J connectivity index is 2.61. The molecule has 0 N–H and O–H groups in total. The van der Waals surface area contributed by atoms with Crippen LogP contribution in [-0.4, -0.2) is 37.0 Å². The molecule has 0 aliphatic heterocycles. The maximum atomic E-state index is 12.1. The molecule has 0 aromatic heterocycles. The van der Waals surface area contributed by atoms with Crippen LogP contribution in [0.5, 0.6) is 0 Å². The molecule has 104 valence electrons. The maximum absolute atomic E-state index is 12.1. The van der Waals surface area contributed by atoms with Gasteiger partial charge < -0.3 is 9.64 Å². The molecule has 1 amide bonds. The minimum atomic E-state index is -0.306. The molecule has 0 atom stereocenters. The highest BCUT2D eigenvalue weighted by Crippen LogP contribution is 2.23. The van der Waals surface area contributed by atoms with Gasteiger partial charge in [0.25, 0.3) is 5.91 Å². The Morgan fingerprint density at radius 2 is 2.11 bits per heavy atom.